The number of rotatable bonds is 5. The molecule has 0 saturated heterocycles. The van der Waals surface area contributed by atoms with E-state index in [1.807, 2.05) is 13.0 Å². The second kappa shape index (κ2) is 8.01. The van der Waals surface area contributed by atoms with Crippen molar-refractivity contribution in [3.05, 3.63) is 105 Å². The van der Waals surface area contributed by atoms with Gasteiger partial charge in [-0.15, -0.1) is 0 Å². The molecule has 0 bridgehead atoms. The van der Waals surface area contributed by atoms with Crippen LogP contribution in [0.4, 0.5) is 5.69 Å². The highest BCUT2D eigenvalue weighted by Crippen LogP contribution is 2.16. The molecule has 0 spiro atoms. The van der Waals surface area contributed by atoms with E-state index in [-0.39, 0.29) is 5.69 Å². The van der Waals surface area contributed by atoms with Gasteiger partial charge in [0.15, 0.2) is 0 Å². The van der Waals surface area contributed by atoms with Crippen molar-refractivity contribution in [1.29, 1.82) is 0 Å². The number of oxime groups is 1. The SMILES string of the molecule is Cc1cccc(C(=O)O/N=C(/c2ccncc2)c2ccc([N+](=O)[O-])cc2)c1. The van der Waals surface area contributed by atoms with E-state index in [2.05, 4.69) is 10.1 Å². The van der Waals surface area contributed by atoms with Crippen LogP contribution in [0.5, 0.6) is 0 Å². The van der Waals surface area contributed by atoms with Crippen LogP contribution in [0.25, 0.3) is 0 Å². The molecule has 1 aromatic heterocycles. The Kier molecular flexibility index (Phi) is 5.32. The summed E-state index contributed by atoms with van der Waals surface area (Å²) < 4.78 is 0. The predicted octanol–water partition coefficient (Wildman–Crippen LogP) is 3.91. The first kappa shape index (κ1) is 17.9. The fraction of sp³-hybridized carbons (Fsp3) is 0.0500. The van der Waals surface area contributed by atoms with Crippen molar-refractivity contribution in [1.82, 2.24) is 4.98 Å². The maximum absolute atomic E-state index is 12.3. The lowest BCUT2D eigenvalue weighted by atomic mass is 10.0. The molecule has 0 amide bonds. The van der Waals surface area contributed by atoms with E-state index in [9.17, 15) is 14.9 Å². The van der Waals surface area contributed by atoms with Crippen LogP contribution in [0.2, 0.25) is 0 Å². The maximum atomic E-state index is 12.3. The highest BCUT2D eigenvalue weighted by molar-refractivity contribution is 6.12. The standard InChI is InChI=1S/C20H15N3O4/c1-14-3-2-4-17(13-14)20(24)27-22-19(16-9-11-21-12-10-16)15-5-7-18(8-6-15)23(25)26/h2-13H,1H3/b22-19+. The number of nitro benzene ring substituents is 1. The van der Waals surface area contributed by atoms with E-state index < -0.39 is 10.9 Å². The Morgan fingerprint density at radius 2 is 1.67 bits per heavy atom. The molecule has 3 aromatic rings. The third-order valence-corrected chi connectivity index (χ3v) is 3.78. The van der Waals surface area contributed by atoms with Gasteiger partial charge in [-0.3, -0.25) is 15.1 Å². The van der Waals surface area contributed by atoms with Gasteiger partial charge in [0.1, 0.15) is 5.71 Å². The highest BCUT2D eigenvalue weighted by atomic mass is 16.7. The molecule has 0 saturated carbocycles. The van der Waals surface area contributed by atoms with Crippen LogP contribution in [0.1, 0.15) is 27.0 Å². The van der Waals surface area contributed by atoms with Crippen molar-refractivity contribution < 1.29 is 14.6 Å². The number of hydrogen-bond donors (Lipinski definition) is 0. The molecule has 27 heavy (non-hydrogen) atoms. The Morgan fingerprint density at radius 3 is 2.30 bits per heavy atom. The molecule has 7 heteroatoms. The van der Waals surface area contributed by atoms with Gasteiger partial charge in [-0.05, 0) is 43.3 Å². The summed E-state index contributed by atoms with van der Waals surface area (Å²) in [5.41, 5.74) is 2.88. The van der Waals surface area contributed by atoms with E-state index in [1.54, 1.807) is 54.9 Å². The quantitative estimate of drug-likeness (QED) is 0.297. The first-order valence-corrected chi connectivity index (χ1v) is 8.06. The number of carbonyl (C=O) groups is 1. The monoisotopic (exact) mass is 361 g/mol. The van der Waals surface area contributed by atoms with Crippen molar-refractivity contribution >= 4 is 17.4 Å². The Labute approximate surface area is 155 Å². The molecule has 0 aliphatic heterocycles. The van der Waals surface area contributed by atoms with Crippen LogP contribution < -0.4 is 0 Å². The number of carbonyl (C=O) groups excluding carboxylic acids is 1. The summed E-state index contributed by atoms with van der Waals surface area (Å²) in [6, 6.07) is 16.2. The number of aromatic nitrogens is 1. The Bertz CT molecular complexity index is 999. The maximum Gasteiger partial charge on any atom is 0.365 e. The van der Waals surface area contributed by atoms with Gasteiger partial charge in [0.2, 0.25) is 0 Å². The minimum atomic E-state index is -0.591. The summed E-state index contributed by atoms with van der Waals surface area (Å²) in [5, 5.41) is 14.9. The zero-order chi connectivity index (χ0) is 19.2. The lowest BCUT2D eigenvalue weighted by Gasteiger charge is -2.07. The van der Waals surface area contributed by atoms with Gasteiger partial charge in [-0.1, -0.05) is 22.9 Å². The fourth-order valence-corrected chi connectivity index (χ4v) is 2.43. The molecule has 2 aromatic carbocycles. The number of non-ortho nitro benzene ring substituents is 1. The van der Waals surface area contributed by atoms with Crippen molar-refractivity contribution in [3.8, 4) is 0 Å². The number of pyridine rings is 1. The fourth-order valence-electron chi connectivity index (χ4n) is 2.43. The zero-order valence-electron chi connectivity index (χ0n) is 14.4. The molecule has 0 aliphatic carbocycles. The first-order chi connectivity index (χ1) is 13.0. The molecular formula is C20H15N3O4. The largest absolute Gasteiger partial charge is 0.365 e. The molecule has 0 N–H and O–H groups in total. The smallest absolute Gasteiger partial charge is 0.312 e. The predicted molar refractivity (Wildman–Crippen MR) is 99.6 cm³/mol. The number of benzene rings is 2. The lowest BCUT2D eigenvalue weighted by molar-refractivity contribution is -0.384. The normalized spacial score (nSPS) is 11.1. The minimum Gasteiger partial charge on any atom is -0.312 e. The summed E-state index contributed by atoms with van der Waals surface area (Å²) in [6.45, 7) is 1.87. The van der Waals surface area contributed by atoms with Crippen LogP contribution >= 0.6 is 0 Å². The molecule has 7 nitrogen and oxygen atoms in total. The summed E-state index contributed by atoms with van der Waals surface area (Å²) in [6.07, 6.45) is 3.16. The Balaban J connectivity index is 1.93. The van der Waals surface area contributed by atoms with Gasteiger partial charge in [0, 0.05) is 35.7 Å². The first-order valence-electron chi connectivity index (χ1n) is 8.06. The molecule has 0 aliphatic rings. The van der Waals surface area contributed by atoms with E-state index in [4.69, 9.17) is 4.84 Å². The molecular weight excluding hydrogens is 346 g/mol. The van der Waals surface area contributed by atoms with Crippen molar-refractivity contribution in [2.75, 3.05) is 0 Å². The average Bonchev–Trinajstić information content (AvgIpc) is 2.69. The van der Waals surface area contributed by atoms with Gasteiger partial charge in [0.05, 0.1) is 10.5 Å². The van der Waals surface area contributed by atoms with Crippen molar-refractivity contribution in [3.63, 3.8) is 0 Å². The molecule has 0 atom stereocenters. The lowest BCUT2D eigenvalue weighted by Crippen LogP contribution is -2.08. The van der Waals surface area contributed by atoms with E-state index in [0.29, 0.717) is 22.4 Å². The van der Waals surface area contributed by atoms with Crippen molar-refractivity contribution in [2.24, 2.45) is 5.16 Å². The van der Waals surface area contributed by atoms with Crippen LogP contribution in [0.15, 0.2) is 78.2 Å². The third kappa shape index (κ3) is 4.40. The van der Waals surface area contributed by atoms with Gasteiger partial charge in [-0.25, -0.2) is 4.79 Å². The topological polar surface area (TPSA) is 94.7 Å². The summed E-state index contributed by atoms with van der Waals surface area (Å²) in [5.74, 6) is -0.591. The molecule has 1 heterocycles. The van der Waals surface area contributed by atoms with Crippen LogP contribution in [-0.2, 0) is 4.84 Å². The Morgan fingerprint density at radius 1 is 1.00 bits per heavy atom. The number of nitro groups is 1. The van der Waals surface area contributed by atoms with Gasteiger partial charge in [0.25, 0.3) is 5.69 Å². The van der Waals surface area contributed by atoms with Crippen LogP contribution in [-0.4, -0.2) is 21.6 Å². The minimum absolute atomic E-state index is 0.0374. The van der Waals surface area contributed by atoms with Gasteiger partial charge >= 0.3 is 5.97 Å². The molecule has 3 rings (SSSR count). The van der Waals surface area contributed by atoms with E-state index in [0.717, 1.165) is 5.56 Å². The summed E-state index contributed by atoms with van der Waals surface area (Å²) in [7, 11) is 0. The highest BCUT2D eigenvalue weighted by Gasteiger charge is 2.13. The number of nitrogens with zero attached hydrogens (tertiary/aromatic N) is 3. The van der Waals surface area contributed by atoms with Crippen LogP contribution in [0, 0.1) is 17.0 Å². The Hall–Kier alpha value is -3.87. The van der Waals surface area contributed by atoms with E-state index in [1.165, 1.54) is 12.1 Å². The number of hydrogen-bond acceptors (Lipinski definition) is 6. The average molecular weight is 361 g/mol. The molecule has 134 valence electrons. The molecule has 0 fully saturated rings. The summed E-state index contributed by atoms with van der Waals surface area (Å²) in [4.78, 5) is 31.7. The third-order valence-electron chi connectivity index (χ3n) is 3.78. The van der Waals surface area contributed by atoms with Gasteiger partial charge < -0.3 is 4.84 Å². The zero-order valence-corrected chi connectivity index (χ0v) is 14.4. The second-order valence-electron chi connectivity index (χ2n) is 5.73. The van der Waals surface area contributed by atoms with E-state index >= 15 is 0 Å². The van der Waals surface area contributed by atoms with Gasteiger partial charge in [-0.2, -0.15) is 0 Å². The second-order valence-corrected chi connectivity index (χ2v) is 5.73. The summed E-state index contributed by atoms with van der Waals surface area (Å²) >= 11 is 0. The van der Waals surface area contributed by atoms with Crippen LogP contribution in [0.3, 0.4) is 0 Å². The molecule has 0 unspecified atom stereocenters. The number of aryl methyl sites for hydroxylation is 1. The molecule has 0 radical (unpaired) electrons. The van der Waals surface area contributed by atoms with Crippen molar-refractivity contribution in [2.45, 2.75) is 6.92 Å².